The fraction of sp³-hybridized carbons (Fsp3) is 0.424. The molecule has 3 atom stereocenters. The summed E-state index contributed by atoms with van der Waals surface area (Å²) in [7, 11) is 0. The van der Waals surface area contributed by atoms with Crippen LogP contribution >= 0.6 is 0 Å². The van der Waals surface area contributed by atoms with Crippen molar-refractivity contribution in [3.8, 4) is 0 Å². The Morgan fingerprint density at radius 3 is 2.68 bits per heavy atom. The number of benzene rings is 2. The van der Waals surface area contributed by atoms with Crippen molar-refractivity contribution in [2.24, 2.45) is 5.92 Å². The van der Waals surface area contributed by atoms with Crippen LogP contribution in [-0.4, -0.2) is 58.1 Å². The number of allylic oxidation sites excluding steroid dienone is 2. The highest BCUT2D eigenvalue weighted by molar-refractivity contribution is 5.87. The maximum absolute atomic E-state index is 13.7. The summed E-state index contributed by atoms with van der Waals surface area (Å²) < 4.78 is 5.60. The Labute approximate surface area is 240 Å². The van der Waals surface area contributed by atoms with Crippen LogP contribution in [0.1, 0.15) is 55.2 Å². The Balaban J connectivity index is 1.34. The summed E-state index contributed by atoms with van der Waals surface area (Å²) in [5, 5.41) is 14.2. The molecule has 0 saturated heterocycles. The molecule has 2 amide bonds. The van der Waals surface area contributed by atoms with E-state index in [9.17, 15) is 19.5 Å². The van der Waals surface area contributed by atoms with E-state index in [1.165, 1.54) is 0 Å². The Hall–Kier alpha value is -3.91. The van der Waals surface area contributed by atoms with E-state index in [1.807, 2.05) is 66.9 Å². The summed E-state index contributed by atoms with van der Waals surface area (Å²) in [4.78, 5) is 44.7. The van der Waals surface area contributed by atoms with Crippen LogP contribution in [0.4, 0.5) is 0 Å². The molecule has 2 aliphatic heterocycles. The van der Waals surface area contributed by atoms with E-state index in [-0.39, 0.29) is 43.5 Å². The van der Waals surface area contributed by atoms with Gasteiger partial charge in [0.25, 0.3) is 0 Å². The van der Waals surface area contributed by atoms with Crippen molar-refractivity contribution < 1.29 is 24.2 Å². The molecule has 8 heteroatoms. The number of fused-ring (bicyclic) bond motifs is 2. The number of aromatic nitrogens is 1. The molecule has 41 heavy (non-hydrogen) atoms. The van der Waals surface area contributed by atoms with Crippen LogP contribution in [0.2, 0.25) is 0 Å². The first-order valence-corrected chi connectivity index (χ1v) is 14.6. The van der Waals surface area contributed by atoms with E-state index in [1.54, 1.807) is 4.90 Å². The molecule has 0 aliphatic carbocycles. The normalized spacial score (nSPS) is 22.5. The molecule has 2 aliphatic rings. The molecule has 1 aromatic heterocycles. The Bertz CT molecular complexity index is 1400. The SMILES string of the molecule is O=C1CCCCC=CCC(CC(=O)N2Cc3ccccc3CC2CO)C(=O)NC(Cc2c[nH]c3ccccc23)CO1. The fourth-order valence-electron chi connectivity index (χ4n) is 5.87. The number of aliphatic hydroxyl groups is 1. The van der Waals surface area contributed by atoms with Gasteiger partial charge in [-0.3, -0.25) is 14.4 Å². The number of para-hydroxylation sites is 1. The molecule has 216 valence electrons. The second-order valence-corrected chi connectivity index (χ2v) is 11.1. The third-order valence-corrected chi connectivity index (χ3v) is 8.20. The number of rotatable bonds is 5. The molecule has 3 heterocycles. The van der Waals surface area contributed by atoms with E-state index >= 15 is 0 Å². The average Bonchev–Trinajstić information content (AvgIpc) is 3.40. The van der Waals surface area contributed by atoms with Crippen LogP contribution in [0.5, 0.6) is 0 Å². The number of carbonyl (C=O) groups is 3. The van der Waals surface area contributed by atoms with Crippen LogP contribution in [0.15, 0.2) is 66.9 Å². The molecule has 2 aromatic carbocycles. The molecule has 3 aromatic rings. The van der Waals surface area contributed by atoms with Crippen molar-refractivity contribution >= 4 is 28.7 Å². The lowest BCUT2D eigenvalue weighted by Crippen LogP contribution is -2.48. The fourth-order valence-corrected chi connectivity index (χ4v) is 5.87. The van der Waals surface area contributed by atoms with Gasteiger partial charge in [-0.15, -0.1) is 0 Å². The van der Waals surface area contributed by atoms with E-state index in [0.29, 0.717) is 32.2 Å². The maximum Gasteiger partial charge on any atom is 0.305 e. The standard InChI is InChI=1S/C33H39N3O5/c37-21-28-17-23-10-6-7-12-25(23)20-36(28)31(38)18-24-11-4-2-1-3-5-15-32(39)41-22-27(35-33(24)40)16-26-19-34-30-14-9-8-13-29(26)30/h2,4,6-10,12-14,19,24,27-28,34,37H,1,3,5,11,15-18,20-22H2,(H,35,40). The van der Waals surface area contributed by atoms with Gasteiger partial charge in [-0.1, -0.05) is 54.6 Å². The molecule has 3 N–H and O–H groups in total. The Morgan fingerprint density at radius 1 is 1.02 bits per heavy atom. The number of nitrogens with one attached hydrogen (secondary N) is 2. The zero-order chi connectivity index (χ0) is 28.6. The molecule has 0 spiro atoms. The van der Waals surface area contributed by atoms with Crippen molar-refractivity contribution in [2.75, 3.05) is 13.2 Å². The molecule has 0 fully saturated rings. The minimum atomic E-state index is -0.584. The minimum absolute atomic E-state index is 0.0361. The first kappa shape index (κ1) is 28.6. The van der Waals surface area contributed by atoms with Crippen LogP contribution in [-0.2, 0) is 38.5 Å². The molecule has 8 nitrogen and oxygen atoms in total. The van der Waals surface area contributed by atoms with E-state index < -0.39 is 12.0 Å². The number of ether oxygens (including phenoxy) is 1. The highest BCUT2D eigenvalue weighted by Crippen LogP contribution is 2.26. The monoisotopic (exact) mass is 557 g/mol. The van der Waals surface area contributed by atoms with E-state index in [2.05, 4.69) is 10.3 Å². The first-order valence-electron chi connectivity index (χ1n) is 14.6. The number of nitrogens with zero attached hydrogens (tertiary/aromatic N) is 1. The zero-order valence-corrected chi connectivity index (χ0v) is 23.4. The summed E-state index contributed by atoms with van der Waals surface area (Å²) in [6.07, 6.45) is 10.2. The Kier molecular flexibility index (Phi) is 9.51. The van der Waals surface area contributed by atoms with Crippen LogP contribution in [0, 0.1) is 5.92 Å². The lowest BCUT2D eigenvalue weighted by atomic mass is 9.92. The topological polar surface area (TPSA) is 112 Å². The smallest absolute Gasteiger partial charge is 0.305 e. The van der Waals surface area contributed by atoms with Crippen molar-refractivity contribution in [1.29, 1.82) is 0 Å². The summed E-state index contributed by atoms with van der Waals surface area (Å²) in [5.74, 6) is -1.23. The number of hydrogen-bond acceptors (Lipinski definition) is 5. The quantitative estimate of drug-likeness (QED) is 0.322. The summed E-state index contributed by atoms with van der Waals surface area (Å²) in [6.45, 7) is 0.356. The Morgan fingerprint density at radius 2 is 1.83 bits per heavy atom. The molecule has 5 rings (SSSR count). The number of aliphatic hydroxyl groups excluding tert-OH is 1. The molecule has 0 radical (unpaired) electrons. The van der Waals surface area contributed by atoms with Gasteiger partial charge in [0.2, 0.25) is 11.8 Å². The van der Waals surface area contributed by atoms with Gasteiger partial charge in [-0.05, 0) is 61.3 Å². The summed E-state index contributed by atoms with van der Waals surface area (Å²) in [6, 6.07) is 15.2. The summed E-state index contributed by atoms with van der Waals surface area (Å²) >= 11 is 0. The third-order valence-electron chi connectivity index (χ3n) is 8.20. The molecule has 0 saturated carbocycles. The zero-order valence-electron chi connectivity index (χ0n) is 23.4. The maximum atomic E-state index is 13.7. The number of cyclic esters (lactones) is 1. The first-order chi connectivity index (χ1) is 20.0. The average molecular weight is 558 g/mol. The third kappa shape index (κ3) is 7.24. The van der Waals surface area contributed by atoms with E-state index in [4.69, 9.17) is 4.74 Å². The predicted octanol–water partition coefficient (Wildman–Crippen LogP) is 4.21. The van der Waals surface area contributed by atoms with Crippen molar-refractivity contribution in [2.45, 2.75) is 70.0 Å². The molecule has 3 unspecified atom stereocenters. The number of hydrogen-bond donors (Lipinski definition) is 3. The van der Waals surface area contributed by atoms with Crippen LogP contribution < -0.4 is 5.32 Å². The van der Waals surface area contributed by atoms with Crippen LogP contribution in [0.25, 0.3) is 10.9 Å². The largest absolute Gasteiger partial charge is 0.463 e. The van der Waals surface area contributed by atoms with Gasteiger partial charge in [0.1, 0.15) is 6.61 Å². The second-order valence-electron chi connectivity index (χ2n) is 11.1. The van der Waals surface area contributed by atoms with Gasteiger partial charge >= 0.3 is 5.97 Å². The van der Waals surface area contributed by atoms with Crippen molar-refractivity contribution in [1.82, 2.24) is 15.2 Å². The van der Waals surface area contributed by atoms with Gasteiger partial charge < -0.3 is 25.0 Å². The predicted molar refractivity (Wildman–Crippen MR) is 157 cm³/mol. The molecular formula is C33H39N3O5. The van der Waals surface area contributed by atoms with Gasteiger partial charge in [0, 0.05) is 36.5 Å². The molecular weight excluding hydrogens is 518 g/mol. The minimum Gasteiger partial charge on any atom is -0.463 e. The van der Waals surface area contributed by atoms with Crippen LogP contribution in [0.3, 0.4) is 0 Å². The van der Waals surface area contributed by atoms with Gasteiger partial charge in [0.05, 0.1) is 24.6 Å². The van der Waals surface area contributed by atoms with E-state index in [0.717, 1.165) is 46.9 Å². The highest BCUT2D eigenvalue weighted by atomic mass is 16.5. The number of aromatic amines is 1. The number of H-pyrrole nitrogens is 1. The van der Waals surface area contributed by atoms with Crippen molar-refractivity contribution in [3.63, 3.8) is 0 Å². The lowest BCUT2D eigenvalue weighted by molar-refractivity contribution is -0.145. The molecule has 0 bridgehead atoms. The van der Waals surface area contributed by atoms with Gasteiger partial charge in [0.15, 0.2) is 0 Å². The lowest BCUT2D eigenvalue weighted by Gasteiger charge is -2.36. The number of amides is 2. The number of esters is 1. The van der Waals surface area contributed by atoms with Crippen molar-refractivity contribution in [3.05, 3.63) is 83.6 Å². The summed E-state index contributed by atoms with van der Waals surface area (Å²) in [5.41, 5.74) is 4.24. The highest BCUT2D eigenvalue weighted by Gasteiger charge is 2.32. The van der Waals surface area contributed by atoms with Gasteiger partial charge in [-0.2, -0.15) is 0 Å². The second kappa shape index (κ2) is 13.6. The number of carbonyl (C=O) groups excluding carboxylic acids is 3. The van der Waals surface area contributed by atoms with Gasteiger partial charge in [-0.25, -0.2) is 0 Å².